The molecular formula is C65H39N5O. The summed E-state index contributed by atoms with van der Waals surface area (Å²) in [6.07, 6.45) is 0. The van der Waals surface area contributed by atoms with Gasteiger partial charge in [-0.25, -0.2) is 0 Å². The number of fused-ring (bicyclic) bond motifs is 16. The van der Waals surface area contributed by atoms with Crippen LogP contribution in [0.3, 0.4) is 0 Å². The zero-order valence-corrected chi connectivity index (χ0v) is 38.7. The second-order valence-electron chi connectivity index (χ2n) is 19.3. The highest BCUT2D eigenvalue weighted by molar-refractivity contribution is 6.17. The van der Waals surface area contributed by atoms with Crippen molar-refractivity contribution in [3.05, 3.63) is 222 Å². The van der Waals surface area contributed by atoms with E-state index in [1.165, 1.54) is 22.3 Å². The Hall–Kier alpha value is -9.62. The van der Waals surface area contributed by atoms with Gasteiger partial charge < -0.3 is 18.1 Å². The van der Waals surface area contributed by atoms with Gasteiger partial charge >= 0.3 is 0 Å². The Bertz CT molecular complexity index is 4510. The summed E-state index contributed by atoms with van der Waals surface area (Å²) in [6, 6.07) is 75.7. The molecular weight excluding hydrogens is 867 g/mol. The zero-order valence-electron chi connectivity index (χ0n) is 38.7. The molecule has 0 bridgehead atoms. The van der Waals surface area contributed by atoms with Crippen LogP contribution in [0.25, 0.3) is 127 Å². The molecule has 0 atom stereocenters. The second-order valence-corrected chi connectivity index (χ2v) is 19.3. The summed E-state index contributed by atoms with van der Waals surface area (Å²) in [5.74, 6) is 0. The summed E-state index contributed by atoms with van der Waals surface area (Å²) in [7, 11) is 0. The minimum absolute atomic E-state index is 0.335. The first-order chi connectivity index (χ1) is 35.0. The third kappa shape index (κ3) is 5.07. The molecule has 0 unspecified atom stereocenters. The van der Waals surface area contributed by atoms with Gasteiger partial charge in [0.15, 0.2) is 0 Å². The fraction of sp³-hybridized carbons (Fsp3) is 0.0462. The summed E-state index contributed by atoms with van der Waals surface area (Å²) in [5.41, 5.74) is 16.1. The Morgan fingerprint density at radius 2 is 0.845 bits per heavy atom. The van der Waals surface area contributed by atoms with Crippen molar-refractivity contribution in [1.82, 2.24) is 13.7 Å². The molecule has 0 fully saturated rings. The lowest BCUT2D eigenvalue weighted by Crippen LogP contribution is -2.15. The summed E-state index contributed by atoms with van der Waals surface area (Å²) in [5, 5.41) is 33.1. The molecule has 0 amide bonds. The van der Waals surface area contributed by atoms with Gasteiger partial charge in [-0.1, -0.05) is 159 Å². The van der Waals surface area contributed by atoms with Gasteiger partial charge in [-0.15, -0.1) is 0 Å². The van der Waals surface area contributed by atoms with Crippen LogP contribution in [0.5, 0.6) is 0 Å². The number of aromatic nitrogens is 3. The Morgan fingerprint density at radius 3 is 1.41 bits per heavy atom. The van der Waals surface area contributed by atoms with Crippen molar-refractivity contribution in [2.45, 2.75) is 19.3 Å². The van der Waals surface area contributed by atoms with Gasteiger partial charge in [0.2, 0.25) is 0 Å². The molecule has 1 aliphatic carbocycles. The van der Waals surface area contributed by atoms with Gasteiger partial charge in [0.25, 0.3) is 0 Å². The Kier molecular flexibility index (Phi) is 7.88. The van der Waals surface area contributed by atoms with Gasteiger partial charge in [-0.2, -0.15) is 10.5 Å². The van der Waals surface area contributed by atoms with Crippen LogP contribution in [0, 0.1) is 22.7 Å². The van der Waals surface area contributed by atoms with Gasteiger partial charge in [0.05, 0.1) is 50.2 Å². The third-order valence-corrected chi connectivity index (χ3v) is 15.5. The number of rotatable bonds is 4. The molecule has 0 saturated heterocycles. The van der Waals surface area contributed by atoms with Gasteiger partial charge in [-0.05, 0) is 82.4 Å². The lowest BCUT2D eigenvalue weighted by Gasteiger charge is -2.26. The quantitative estimate of drug-likeness (QED) is 0.177. The predicted molar refractivity (Wildman–Crippen MR) is 289 cm³/mol. The maximum absolute atomic E-state index is 12.4. The monoisotopic (exact) mass is 905 g/mol. The molecule has 1 aliphatic rings. The highest BCUT2D eigenvalue weighted by atomic mass is 16.3. The van der Waals surface area contributed by atoms with Crippen LogP contribution >= 0.6 is 0 Å². The van der Waals surface area contributed by atoms with E-state index < -0.39 is 0 Å². The zero-order chi connectivity index (χ0) is 47.3. The van der Waals surface area contributed by atoms with E-state index in [0.717, 1.165) is 98.5 Å². The fourth-order valence-corrected chi connectivity index (χ4v) is 12.6. The predicted octanol–water partition coefficient (Wildman–Crippen LogP) is 16.6. The van der Waals surface area contributed by atoms with E-state index in [1.54, 1.807) is 0 Å². The van der Waals surface area contributed by atoms with Crippen molar-refractivity contribution in [1.29, 1.82) is 10.5 Å². The Balaban J connectivity index is 1.22. The van der Waals surface area contributed by atoms with E-state index in [0.29, 0.717) is 28.2 Å². The number of benzene rings is 10. The average Bonchev–Trinajstić information content (AvgIpc) is 4.20. The Morgan fingerprint density at radius 1 is 0.394 bits per heavy atom. The topological polar surface area (TPSA) is 75.5 Å². The normalized spacial score (nSPS) is 13.0. The van der Waals surface area contributed by atoms with Crippen LogP contribution in [0.15, 0.2) is 205 Å². The minimum Gasteiger partial charge on any atom is -0.456 e. The largest absolute Gasteiger partial charge is 0.456 e. The van der Waals surface area contributed by atoms with Crippen molar-refractivity contribution in [3.63, 3.8) is 0 Å². The van der Waals surface area contributed by atoms with E-state index >= 15 is 0 Å². The van der Waals surface area contributed by atoms with Gasteiger partial charge in [-0.3, -0.25) is 0 Å². The summed E-state index contributed by atoms with van der Waals surface area (Å²) >= 11 is 0. The molecule has 10 aromatic carbocycles. The van der Waals surface area contributed by atoms with Crippen LogP contribution in [0.1, 0.15) is 36.1 Å². The molecule has 14 aromatic rings. The highest BCUT2D eigenvalue weighted by Gasteiger charge is 2.39. The van der Waals surface area contributed by atoms with Gasteiger partial charge in [0, 0.05) is 54.1 Å². The third-order valence-electron chi connectivity index (χ3n) is 15.5. The van der Waals surface area contributed by atoms with Crippen LogP contribution in [0.4, 0.5) is 0 Å². The molecule has 6 nitrogen and oxygen atoms in total. The standard InChI is InChI=1S/C65H39N5O/c1-65(2)50-24-10-3-17-39(50)45-32-33-56-60(61(45)65)46-23-8-15-29-55(46)70(56)62-48(36-66)63(68-51-25-11-4-18-40(51)41-19-5-12-26-52(41)68)59(38-31-34-58-47(35-38)44-22-9-16-30-57(44)71-58)64(49(62)37-67)69-53-27-13-6-20-42(53)43-21-7-14-28-54(43)69/h3-35H,1-2H3. The molecule has 4 aromatic heterocycles. The van der Waals surface area contributed by atoms with E-state index in [-0.39, 0.29) is 5.41 Å². The van der Waals surface area contributed by atoms with E-state index in [2.05, 4.69) is 216 Å². The first-order valence-corrected chi connectivity index (χ1v) is 24.1. The lowest BCUT2D eigenvalue weighted by atomic mass is 9.80. The SMILES string of the molecule is CC1(C)c2ccccc2-c2ccc3c(c21)c1ccccc1n3-c1c(C#N)c(-n2c3ccccc3c3ccccc32)c(-c2ccc3oc4ccccc4c3c2)c(-n2c3ccccc3c3ccccc32)c1C#N. The van der Waals surface area contributed by atoms with E-state index in [1.807, 2.05) is 24.3 Å². The number of hydrogen-bond donors (Lipinski definition) is 0. The van der Waals surface area contributed by atoms with Crippen LogP contribution < -0.4 is 0 Å². The first kappa shape index (κ1) is 39.4. The molecule has 0 spiro atoms. The van der Waals surface area contributed by atoms with Gasteiger partial charge in [0.1, 0.15) is 34.4 Å². The summed E-state index contributed by atoms with van der Waals surface area (Å²) in [6.45, 7) is 4.64. The van der Waals surface area contributed by atoms with Crippen molar-refractivity contribution >= 4 is 87.4 Å². The molecule has 330 valence electrons. The molecule has 0 aliphatic heterocycles. The smallest absolute Gasteiger partial charge is 0.135 e. The molecule has 6 heteroatoms. The molecule has 0 saturated carbocycles. The first-order valence-electron chi connectivity index (χ1n) is 24.1. The molecule has 0 N–H and O–H groups in total. The number of hydrogen-bond acceptors (Lipinski definition) is 3. The van der Waals surface area contributed by atoms with Crippen molar-refractivity contribution < 1.29 is 4.42 Å². The average molecular weight is 906 g/mol. The number of nitriles is 2. The number of nitrogens with zero attached hydrogens (tertiary/aromatic N) is 5. The number of para-hydroxylation sites is 6. The van der Waals surface area contributed by atoms with Crippen molar-refractivity contribution in [3.8, 4) is 51.5 Å². The van der Waals surface area contributed by atoms with E-state index in [4.69, 9.17) is 4.42 Å². The van der Waals surface area contributed by atoms with E-state index in [9.17, 15) is 10.5 Å². The van der Waals surface area contributed by atoms with Crippen LogP contribution in [0.2, 0.25) is 0 Å². The molecule has 71 heavy (non-hydrogen) atoms. The minimum atomic E-state index is -0.335. The number of furan rings is 1. The second kappa shape index (κ2) is 14.2. The molecule has 0 radical (unpaired) electrons. The van der Waals surface area contributed by atoms with Crippen LogP contribution in [-0.4, -0.2) is 13.7 Å². The molecule has 15 rings (SSSR count). The molecule has 4 heterocycles. The van der Waals surface area contributed by atoms with Crippen molar-refractivity contribution in [2.75, 3.05) is 0 Å². The Labute approximate surface area is 407 Å². The highest BCUT2D eigenvalue weighted by Crippen LogP contribution is 2.55. The summed E-state index contributed by atoms with van der Waals surface area (Å²) < 4.78 is 13.3. The van der Waals surface area contributed by atoms with Crippen molar-refractivity contribution in [2.24, 2.45) is 0 Å². The van der Waals surface area contributed by atoms with Crippen LogP contribution in [-0.2, 0) is 5.41 Å². The summed E-state index contributed by atoms with van der Waals surface area (Å²) in [4.78, 5) is 0. The maximum atomic E-state index is 12.4. The fourth-order valence-electron chi connectivity index (χ4n) is 12.6. The maximum Gasteiger partial charge on any atom is 0.135 e. The lowest BCUT2D eigenvalue weighted by molar-refractivity contribution is 0.666.